The summed E-state index contributed by atoms with van der Waals surface area (Å²) in [6.07, 6.45) is 5.09. The fraction of sp³-hybridized carbons (Fsp3) is 0.475. The highest BCUT2D eigenvalue weighted by atomic mass is 28.4. The molecular weight excluding hydrogens is 638 g/mol. The van der Waals surface area contributed by atoms with Crippen molar-refractivity contribution in [2.24, 2.45) is 17.8 Å². The monoisotopic (exact) mass is 685 g/mol. The third-order valence-electron chi connectivity index (χ3n) is 11.4. The number of benzene rings is 2. The first-order chi connectivity index (χ1) is 23.0. The molecule has 3 aliphatic carbocycles. The van der Waals surface area contributed by atoms with E-state index in [1.54, 1.807) is 0 Å². The lowest BCUT2D eigenvalue weighted by Gasteiger charge is -2.55. The van der Waals surface area contributed by atoms with Crippen LogP contribution in [-0.4, -0.2) is 35.7 Å². The second-order valence-corrected chi connectivity index (χ2v) is 20.5. The van der Waals surface area contributed by atoms with E-state index in [0.29, 0.717) is 34.4 Å². The molecule has 1 saturated carbocycles. The molecular formula is C40H48FNO6Si. The van der Waals surface area contributed by atoms with E-state index < -0.39 is 49.1 Å². The molecule has 9 heteroatoms. The van der Waals surface area contributed by atoms with Gasteiger partial charge in [-0.25, -0.2) is 4.39 Å². The van der Waals surface area contributed by atoms with E-state index in [2.05, 4.69) is 25.9 Å². The van der Waals surface area contributed by atoms with Crippen LogP contribution >= 0.6 is 0 Å². The summed E-state index contributed by atoms with van der Waals surface area (Å²) in [6, 6.07) is 11.1. The standard InChI is InChI=1S/C40H48FNO6Si/c1-10-11-17-25-20-29(41)27-18-26-19-28-30(22(2)3)35-33(38(42-47-35)46-21-24-15-13-12-14-16-24)37(45)40(28,48-49(8,9)39(5,6)7)36(44)32(26)34(43)31(27)23(25)4/h11-17,20,22,26,28,30,43H,10,18-19,21H2,1-9H3/b17-11+/t26-,28-,30?,40-/m0/s1. The minimum atomic E-state index is -2.85. The molecule has 0 aliphatic heterocycles. The van der Waals surface area contributed by atoms with Crippen LogP contribution in [0.25, 0.3) is 11.8 Å². The minimum absolute atomic E-state index is 0.0264. The number of ether oxygens (including phenoxy) is 1. The number of nitrogens with zero attached hydrogens (tertiary/aromatic N) is 1. The average molecular weight is 686 g/mol. The first-order valence-electron chi connectivity index (χ1n) is 17.4. The normalized spacial score (nSPS) is 23.9. The summed E-state index contributed by atoms with van der Waals surface area (Å²) in [6.45, 7) is 18.3. The van der Waals surface area contributed by atoms with E-state index >= 15 is 14.0 Å². The predicted octanol–water partition coefficient (Wildman–Crippen LogP) is 9.55. The zero-order valence-electron chi connectivity index (χ0n) is 30.1. The Morgan fingerprint density at radius 2 is 1.84 bits per heavy atom. The highest BCUT2D eigenvalue weighted by molar-refractivity contribution is 6.74. The molecule has 1 unspecified atom stereocenters. The van der Waals surface area contributed by atoms with Gasteiger partial charge in [0.1, 0.15) is 23.7 Å². The Kier molecular flexibility index (Phi) is 8.93. The Labute approximate surface area is 289 Å². The van der Waals surface area contributed by atoms with Crippen LogP contribution in [0.5, 0.6) is 5.88 Å². The molecule has 0 bridgehead atoms. The summed E-state index contributed by atoms with van der Waals surface area (Å²) in [4.78, 5) is 30.7. The van der Waals surface area contributed by atoms with Gasteiger partial charge in [0.2, 0.25) is 11.6 Å². The van der Waals surface area contributed by atoms with Crippen molar-refractivity contribution in [1.82, 2.24) is 5.16 Å². The zero-order chi connectivity index (χ0) is 35.6. The van der Waals surface area contributed by atoms with Crippen molar-refractivity contribution in [2.45, 2.75) is 104 Å². The second-order valence-electron chi connectivity index (χ2n) is 15.8. The molecule has 4 atom stereocenters. The van der Waals surface area contributed by atoms with Crippen LogP contribution in [0, 0.1) is 30.5 Å². The number of hydrogen-bond acceptors (Lipinski definition) is 7. The Hall–Kier alpha value is -3.82. The van der Waals surface area contributed by atoms with Crippen molar-refractivity contribution in [3.63, 3.8) is 0 Å². The fourth-order valence-corrected chi connectivity index (χ4v) is 9.30. The van der Waals surface area contributed by atoms with E-state index in [1.807, 2.05) is 83.3 Å². The largest absolute Gasteiger partial charge is 0.507 e. The van der Waals surface area contributed by atoms with Crippen LogP contribution in [0.1, 0.15) is 104 Å². The van der Waals surface area contributed by atoms with Crippen LogP contribution in [0.15, 0.2) is 52.6 Å². The van der Waals surface area contributed by atoms with Crippen molar-refractivity contribution in [2.75, 3.05) is 0 Å². The lowest BCUT2D eigenvalue weighted by Crippen LogP contribution is -2.67. The maximum Gasteiger partial charge on any atom is 0.265 e. The molecule has 0 spiro atoms. The molecule has 2 aromatic carbocycles. The van der Waals surface area contributed by atoms with Crippen molar-refractivity contribution >= 4 is 31.7 Å². The third kappa shape index (κ3) is 5.53. The molecule has 1 fully saturated rings. The molecule has 0 radical (unpaired) electrons. The van der Waals surface area contributed by atoms with Crippen LogP contribution in [0.2, 0.25) is 18.1 Å². The van der Waals surface area contributed by atoms with Gasteiger partial charge in [-0.05, 0) is 89.6 Å². The Morgan fingerprint density at radius 3 is 2.47 bits per heavy atom. The summed E-state index contributed by atoms with van der Waals surface area (Å²) in [7, 11) is -2.85. The molecule has 3 aliphatic rings. The lowest BCUT2D eigenvalue weighted by atomic mass is 9.54. The van der Waals surface area contributed by atoms with Gasteiger partial charge in [-0.15, -0.1) is 0 Å². The van der Waals surface area contributed by atoms with Crippen molar-refractivity contribution in [3.05, 3.63) is 93.0 Å². The number of carbonyl (C=O) groups is 2. The molecule has 1 N–H and O–H groups in total. The van der Waals surface area contributed by atoms with Gasteiger partial charge in [0, 0.05) is 23.0 Å². The molecule has 0 saturated heterocycles. The summed E-state index contributed by atoms with van der Waals surface area (Å²) < 4.78 is 35.1. The third-order valence-corrected chi connectivity index (χ3v) is 15.8. The second kappa shape index (κ2) is 12.5. The number of ketones is 2. The minimum Gasteiger partial charge on any atom is -0.507 e. The number of aromatic nitrogens is 1. The molecule has 0 amide bonds. The van der Waals surface area contributed by atoms with Crippen molar-refractivity contribution in [3.8, 4) is 5.88 Å². The highest BCUT2D eigenvalue weighted by Gasteiger charge is 2.68. The number of aliphatic hydroxyl groups is 1. The van der Waals surface area contributed by atoms with Gasteiger partial charge in [-0.2, -0.15) is 0 Å². The van der Waals surface area contributed by atoms with Gasteiger partial charge in [-0.3, -0.25) is 9.59 Å². The summed E-state index contributed by atoms with van der Waals surface area (Å²) in [5.74, 6) is -3.02. The molecule has 1 aromatic heterocycles. The highest BCUT2D eigenvalue weighted by Crippen LogP contribution is 2.60. The van der Waals surface area contributed by atoms with Gasteiger partial charge in [-0.1, -0.05) is 84.0 Å². The number of Topliss-reactive ketones (excluding diaryl/α,β-unsaturated/α-hetero) is 2. The zero-order valence-corrected chi connectivity index (χ0v) is 31.1. The maximum atomic E-state index is 15.8. The first-order valence-corrected chi connectivity index (χ1v) is 20.3. The number of rotatable bonds is 8. The molecule has 260 valence electrons. The fourth-order valence-electron chi connectivity index (χ4n) is 7.85. The quantitative estimate of drug-likeness (QED) is 0.186. The van der Waals surface area contributed by atoms with Crippen LogP contribution in [-0.2, 0) is 22.2 Å². The number of hydrogen-bond donors (Lipinski definition) is 1. The van der Waals surface area contributed by atoms with E-state index in [9.17, 15) is 5.11 Å². The van der Waals surface area contributed by atoms with Gasteiger partial charge in [0.05, 0.1) is 0 Å². The molecule has 49 heavy (non-hydrogen) atoms. The number of fused-ring (bicyclic) bond motifs is 4. The summed E-state index contributed by atoms with van der Waals surface area (Å²) in [5, 5.41) is 16.0. The van der Waals surface area contributed by atoms with E-state index in [-0.39, 0.29) is 46.8 Å². The SMILES string of the molecule is CC/C=C/c1cc(F)c2c(c1C)C(O)=C1C(=O)[C@]3(O[Si](C)(C)C(C)(C)C)C(=O)c4c(OCc5ccccc5)noc4C(C(C)C)[C@@H]3C[C@@H]1C2. The molecule has 7 nitrogen and oxygen atoms in total. The van der Waals surface area contributed by atoms with E-state index in [0.717, 1.165) is 12.0 Å². The molecule has 6 rings (SSSR count). The predicted molar refractivity (Wildman–Crippen MR) is 191 cm³/mol. The van der Waals surface area contributed by atoms with Gasteiger partial charge in [0.15, 0.2) is 19.7 Å². The van der Waals surface area contributed by atoms with E-state index in [1.165, 1.54) is 6.07 Å². The molecule has 1 heterocycles. The smallest absolute Gasteiger partial charge is 0.265 e. The van der Waals surface area contributed by atoms with Gasteiger partial charge >= 0.3 is 0 Å². The number of aliphatic hydroxyl groups excluding tert-OH is 1. The molecule has 3 aromatic rings. The first kappa shape index (κ1) is 35.0. The van der Waals surface area contributed by atoms with Gasteiger partial charge in [0.25, 0.3) is 5.88 Å². The Balaban J connectivity index is 1.58. The topological polar surface area (TPSA) is 98.9 Å². The van der Waals surface area contributed by atoms with Crippen molar-refractivity contribution in [1.29, 1.82) is 0 Å². The van der Waals surface area contributed by atoms with Crippen molar-refractivity contribution < 1.29 is 32.8 Å². The summed E-state index contributed by atoms with van der Waals surface area (Å²) >= 11 is 0. The lowest BCUT2D eigenvalue weighted by molar-refractivity contribution is -0.138. The average Bonchev–Trinajstić information content (AvgIpc) is 3.45. The van der Waals surface area contributed by atoms with Crippen LogP contribution in [0.3, 0.4) is 0 Å². The Bertz CT molecular complexity index is 1870. The Morgan fingerprint density at radius 1 is 1.14 bits per heavy atom. The number of allylic oxidation sites excluding steroid dienone is 1. The number of carbonyl (C=O) groups excluding carboxylic acids is 2. The van der Waals surface area contributed by atoms with Crippen LogP contribution in [0.4, 0.5) is 4.39 Å². The summed E-state index contributed by atoms with van der Waals surface area (Å²) in [5.41, 5.74) is 1.25. The van der Waals surface area contributed by atoms with Crippen LogP contribution < -0.4 is 4.74 Å². The van der Waals surface area contributed by atoms with E-state index in [4.69, 9.17) is 13.7 Å². The maximum absolute atomic E-state index is 15.8. The van der Waals surface area contributed by atoms with Gasteiger partial charge < -0.3 is 18.8 Å². The number of halogens is 1.